The lowest BCUT2D eigenvalue weighted by atomic mass is 9.94. The summed E-state index contributed by atoms with van der Waals surface area (Å²) in [5.74, 6) is 0.568. The zero-order valence-electron chi connectivity index (χ0n) is 13.0. The summed E-state index contributed by atoms with van der Waals surface area (Å²) in [6, 6.07) is 0. The zero-order valence-corrected chi connectivity index (χ0v) is 13.0. The van der Waals surface area contributed by atoms with Gasteiger partial charge < -0.3 is 15.3 Å². The van der Waals surface area contributed by atoms with Crippen molar-refractivity contribution in [2.45, 2.75) is 53.4 Å². The molecule has 0 aromatic heterocycles. The van der Waals surface area contributed by atoms with Crippen molar-refractivity contribution in [3.8, 4) is 11.5 Å². The number of benzene rings is 1. The van der Waals surface area contributed by atoms with Crippen LogP contribution in [0.3, 0.4) is 0 Å². The number of hydrogen-bond acceptors (Lipinski definition) is 3. The topological polar surface area (TPSA) is 60.7 Å². The molecule has 0 radical (unpaired) electrons. The van der Waals surface area contributed by atoms with Gasteiger partial charge in [0.05, 0.1) is 0 Å². The largest absolute Gasteiger partial charge is 0.507 e. The molecule has 112 valence electrons. The molecule has 20 heavy (non-hydrogen) atoms. The van der Waals surface area contributed by atoms with E-state index >= 15 is 0 Å². The Morgan fingerprint density at radius 2 is 1.55 bits per heavy atom. The first-order chi connectivity index (χ1) is 9.40. The molecule has 0 heterocycles. The van der Waals surface area contributed by atoms with E-state index in [1.54, 1.807) is 0 Å². The Morgan fingerprint density at radius 1 is 0.950 bits per heavy atom. The third-order valence-electron chi connectivity index (χ3n) is 4.00. The summed E-state index contributed by atoms with van der Waals surface area (Å²) >= 11 is 0. The summed E-state index contributed by atoms with van der Waals surface area (Å²) in [4.78, 5) is 0. The van der Waals surface area contributed by atoms with E-state index in [9.17, 15) is 10.2 Å². The Balaban J connectivity index is 2.91. The Morgan fingerprint density at radius 3 is 2.15 bits per heavy atom. The molecule has 3 heteroatoms. The van der Waals surface area contributed by atoms with Crippen LogP contribution in [-0.2, 0) is 6.42 Å². The van der Waals surface area contributed by atoms with Gasteiger partial charge in [-0.05, 0) is 70.1 Å². The first-order valence-corrected chi connectivity index (χ1v) is 7.17. The molecule has 0 aliphatic heterocycles. The number of aliphatic hydroxyl groups is 1. The van der Waals surface area contributed by atoms with Crippen molar-refractivity contribution in [3.05, 3.63) is 33.9 Å². The molecule has 0 aliphatic rings. The fourth-order valence-electron chi connectivity index (χ4n) is 2.33. The van der Waals surface area contributed by atoms with Crippen LogP contribution in [-0.4, -0.2) is 21.9 Å². The van der Waals surface area contributed by atoms with E-state index in [1.165, 1.54) is 5.57 Å². The van der Waals surface area contributed by atoms with Gasteiger partial charge >= 0.3 is 0 Å². The number of phenols is 2. The van der Waals surface area contributed by atoms with E-state index < -0.39 is 0 Å². The molecule has 1 aromatic carbocycles. The van der Waals surface area contributed by atoms with E-state index in [-0.39, 0.29) is 18.1 Å². The maximum absolute atomic E-state index is 10.2. The number of hydrogen-bond donors (Lipinski definition) is 3. The lowest BCUT2D eigenvalue weighted by Gasteiger charge is -2.15. The van der Waals surface area contributed by atoms with Crippen LogP contribution in [0.4, 0.5) is 0 Å². The molecule has 1 rings (SSSR count). The summed E-state index contributed by atoms with van der Waals surface area (Å²) in [6.07, 6.45) is 5.46. The lowest BCUT2D eigenvalue weighted by Crippen LogP contribution is -1.96. The van der Waals surface area contributed by atoms with Crippen LogP contribution in [0, 0.1) is 20.8 Å². The normalized spacial score (nSPS) is 11.9. The van der Waals surface area contributed by atoms with Gasteiger partial charge in [0.2, 0.25) is 0 Å². The van der Waals surface area contributed by atoms with Crippen LogP contribution >= 0.6 is 0 Å². The predicted molar refractivity (Wildman–Crippen MR) is 82.4 cm³/mol. The van der Waals surface area contributed by atoms with Crippen LogP contribution in [0.1, 0.15) is 48.4 Å². The number of phenolic OH excluding ortho intramolecular Hbond substituents is 2. The van der Waals surface area contributed by atoms with Crippen LogP contribution < -0.4 is 0 Å². The second-order valence-electron chi connectivity index (χ2n) is 5.49. The van der Waals surface area contributed by atoms with Crippen LogP contribution in [0.25, 0.3) is 0 Å². The minimum Gasteiger partial charge on any atom is -0.507 e. The lowest BCUT2D eigenvalue weighted by molar-refractivity contribution is 0.284. The van der Waals surface area contributed by atoms with Gasteiger partial charge in [0.25, 0.3) is 0 Å². The maximum Gasteiger partial charge on any atom is 0.122 e. The van der Waals surface area contributed by atoms with Crippen molar-refractivity contribution in [2.75, 3.05) is 6.61 Å². The van der Waals surface area contributed by atoms with E-state index in [0.29, 0.717) is 6.42 Å². The monoisotopic (exact) mass is 278 g/mol. The van der Waals surface area contributed by atoms with Crippen molar-refractivity contribution >= 4 is 0 Å². The summed E-state index contributed by atoms with van der Waals surface area (Å²) in [7, 11) is 0. The Hall–Kier alpha value is -1.48. The van der Waals surface area contributed by atoms with Crippen molar-refractivity contribution in [1.29, 1.82) is 0 Å². The van der Waals surface area contributed by atoms with Gasteiger partial charge in [0, 0.05) is 12.2 Å². The number of unbranched alkanes of at least 4 members (excludes halogenated alkanes) is 1. The number of aromatic hydroxyl groups is 2. The summed E-state index contributed by atoms with van der Waals surface area (Å²) in [5, 5.41) is 29.1. The second-order valence-corrected chi connectivity index (χ2v) is 5.49. The highest BCUT2D eigenvalue weighted by Gasteiger charge is 2.15. The van der Waals surface area contributed by atoms with Gasteiger partial charge in [-0.3, -0.25) is 0 Å². The summed E-state index contributed by atoms with van der Waals surface area (Å²) in [5.41, 5.74) is 4.29. The first-order valence-electron chi connectivity index (χ1n) is 7.17. The standard InChI is InChI=1S/C17H26O3/c1-11(7-5-6-10-18)8-9-15-14(4)16(19)12(2)13(3)17(15)20/h8,18-20H,5-7,9-10H2,1-4H3/b11-8+. The molecule has 0 unspecified atom stereocenters. The third kappa shape index (κ3) is 3.76. The highest BCUT2D eigenvalue weighted by Crippen LogP contribution is 2.36. The average Bonchev–Trinajstić information content (AvgIpc) is 2.43. The maximum atomic E-state index is 10.2. The Kier molecular flexibility index (Phi) is 6.08. The molecule has 0 saturated heterocycles. The number of aliphatic hydroxyl groups excluding tert-OH is 1. The van der Waals surface area contributed by atoms with Gasteiger partial charge in [-0.15, -0.1) is 0 Å². The molecule has 0 aliphatic carbocycles. The van der Waals surface area contributed by atoms with Gasteiger partial charge in [0.15, 0.2) is 0 Å². The molecule has 0 bridgehead atoms. The highest BCUT2D eigenvalue weighted by atomic mass is 16.3. The zero-order chi connectivity index (χ0) is 15.3. The van der Waals surface area contributed by atoms with Crippen molar-refractivity contribution in [3.63, 3.8) is 0 Å². The van der Waals surface area contributed by atoms with Crippen molar-refractivity contribution < 1.29 is 15.3 Å². The van der Waals surface area contributed by atoms with Crippen LogP contribution in [0.5, 0.6) is 11.5 Å². The number of allylic oxidation sites excluding steroid dienone is 2. The highest BCUT2D eigenvalue weighted by molar-refractivity contribution is 5.57. The van der Waals surface area contributed by atoms with E-state index in [0.717, 1.165) is 41.5 Å². The molecule has 1 aromatic rings. The van der Waals surface area contributed by atoms with E-state index in [2.05, 4.69) is 13.0 Å². The third-order valence-corrected chi connectivity index (χ3v) is 4.00. The van der Waals surface area contributed by atoms with Crippen molar-refractivity contribution in [1.82, 2.24) is 0 Å². The predicted octanol–water partition coefficient (Wildman–Crippen LogP) is 3.67. The fourth-order valence-corrected chi connectivity index (χ4v) is 2.33. The molecule has 0 fully saturated rings. The van der Waals surface area contributed by atoms with Crippen LogP contribution in [0.2, 0.25) is 0 Å². The molecule has 3 nitrogen and oxygen atoms in total. The molecule has 0 saturated carbocycles. The minimum absolute atomic E-state index is 0.234. The summed E-state index contributed by atoms with van der Waals surface area (Å²) in [6.45, 7) is 7.77. The molecule has 0 amide bonds. The molecular weight excluding hydrogens is 252 g/mol. The molecule has 3 N–H and O–H groups in total. The number of rotatable bonds is 6. The fraction of sp³-hybridized carbons (Fsp3) is 0.529. The van der Waals surface area contributed by atoms with Gasteiger partial charge in [0.1, 0.15) is 11.5 Å². The average molecular weight is 278 g/mol. The van der Waals surface area contributed by atoms with Gasteiger partial charge in [-0.25, -0.2) is 0 Å². The van der Waals surface area contributed by atoms with Gasteiger partial charge in [-0.1, -0.05) is 11.6 Å². The SMILES string of the molecule is C/C(=C\Cc1c(C)c(O)c(C)c(C)c1O)CCCCO. The quantitative estimate of drug-likeness (QED) is 0.422. The van der Waals surface area contributed by atoms with Crippen LogP contribution in [0.15, 0.2) is 11.6 Å². The molecule has 0 spiro atoms. The van der Waals surface area contributed by atoms with Gasteiger partial charge in [-0.2, -0.15) is 0 Å². The first kappa shape index (κ1) is 16.6. The second kappa shape index (κ2) is 7.34. The smallest absolute Gasteiger partial charge is 0.122 e. The summed E-state index contributed by atoms with van der Waals surface area (Å²) < 4.78 is 0. The Bertz CT molecular complexity index is 472. The van der Waals surface area contributed by atoms with Crippen molar-refractivity contribution in [2.24, 2.45) is 0 Å². The minimum atomic E-state index is 0.234. The Labute approximate surface area is 121 Å². The molecule has 0 atom stereocenters. The van der Waals surface area contributed by atoms with E-state index in [4.69, 9.17) is 5.11 Å². The van der Waals surface area contributed by atoms with E-state index in [1.807, 2.05) is 20.8 Å². The molecular formula is C17H26O3.